The zero-order valence-corrected chi connectivity index (χ0v) is 13.7. The van der Waals surface area contributed by atoms with Gasteiger partial charge in [0.1, 0.15) is 17.7 Å². The van der Waals surface area contributed by atoms with Crippen LogP contribution >= 0.6 is 27.5 Å². The number of pyridine rings is 1. The Morgan fingerprint density at radius 2 is 2.14 bits per heavy atom. The molecule has 0 radical (unpaired) electrons. The summed E-state index contributed by atoms with van der Waals surface area (Å²) >= 11 is 9.61. The van der Waals surface area contributed by atoms with E-state index in [9.17, 15) is 5.11 Å². The summed E-state index contributed by atoms with van der Waals surface area (Å²) in [6.07, 6.45) is 6.39. The monoisotopic (exact) mass is 370 g/mol. The molecule has 1 aliphatic heterocycles. The lowest BCUT2D eigenvalue weighted by Crippen LogP contribution is -2.36. The Bertz CT molecular complexity index is 599. The Kier molecular flexibility index (Phi) is 4.47. The second-order valence-corrected chi connectivity index (χ2v) is 6.53. The van der Waals surface area contributed by atoms with Gasteiger partial charge in [0.15, 0.2) is 0 Å². The van der Waals surface area contributed by atoms with Gasteiger partial charge in [-0.05, 0) is 40.8 Å². The van der Waals surface area contributed by atoms with E-state index in [0.717, 1.165) is 36.2 Å². The SMILES string of the molecule is OC(c1ncc[nH]1)C1CCN(c2ncc(Br)cc2Cl)CC1. The van der Waals surface area contributed by atoms with Gasteiger partial charge in [-0.3, -0.25) is 0 Å². The molecule has 21 heavy (non-hydrogen) atoms. The first-order valence-corrected chi connectivity index (χ1v) is 8.05. The molecule has 0 spiro atoms. The minimum atomic E-state index is -0.532. The first-order valence-electron chi connectivity index (χ1n) is 6.88. The summed E-state index contributed by atoms with van der Waals surface area (Å²) in [6.45, 7) is 1.66. The number of rotatable bonds is 3. The number of hydrogen-bond acceptors (Lipinski definition) is 4. The zero-order valence-electron chi connectivity index (χ0n) is 11.3. The highest BCUT2D eigenvalue weighted by Gasteiger charge is 2.28. The maximum absolute atomic E-state index is 10.3. The third-order valence-corrected chi connectivity index (χ3v) is 4.59. The molecule has 5 nitrogen and oxygen atoms in total. The molecule has 112 valence electrons. The molecular formula is C14H16BrClN4O. The van der Waals surface area contributed by atoms with E-state index in [1.165, 1.54) is 0 Å². The van der Waals surface area contributed by atoms with Crippen LogP contribution in [-0.4, -0.2) is 33.1 Å². The highest BCUT2D eigenvalue weighted by molar-refractivity contribution is 9.10. The summed E-state index contributed by atoms with van der Waals surface area (Å²) in [5.41, 5.74) is 0. The molecule has 1 fully saturated rings. The lowest BCUT2D eigenvalue weighted by molar-refractivity contribution is 0.0856. The van der Waals surface area contributed by atoms with Gasteiger partial charge in [0.2, 0.25) is 0 Å². The largest absolute Gasteiger partial charge is 0.385 e. The fourth-order valence-corrected chi connectivity index (χ4v) is 3.48. The summed E-state index contributed by atoms with van der Waals surface area (Å²) in [4.78, 5) is 13.7. The minimum Gasteiger partial charge on any atom is -0.385 e. The number of aromatic nitrogens is 3. The van der Waals surface area contributed by atoms with E-state index in [1.807, 2.05) is 6.07 Å². The first kappa shape index (κ1) is 14.8. The molecule has 0 amide bonds. The number of aromatic amines is 1. The van der Waals surface area contributed by atoms with Crippen LogP contribution in [0.15, 0.2) is 29.1 Å². The number of piperidine rings is 1. The number of hydrogen-bond donors (Lipinski definition) is 2. The molecule has 7 heteroatoms. The van der Waals surface area contributed by atoms with Crippen molar-refractivity contribution >= 4 is 33.3 Å². The van der Waals surface area contributed by atoms with Gasteiger partial charge in [-0.2, -0.15) is 0 Å². The van der Waals surface area contributed by atoms with Crippen LogP contribution in [0.1, 0.15) is 24.8 Å². The molecule has 0 aromatic carbocycles. The quantitative estimate of drug-likeness (QED) is 0.870. The lowest BCUT2D eigenvalue weighted by atomic mass is 9.91. The predicted octanol–water partition coefficient (Wildman–Crippen LogP) is 3.17. The molecular weight excluding hydrogens is 356 g/mol. The number of nitrogens with one attached hydrogen (secondary N) is 1. The summed E-state index contributed by atoms with van der Waals surface area (Å²) in [5.74, 6) is 1.67. The van der Waals surface area contributed by atoms with E-state index < -0.39 is 6.10 Å². The van der Waals surface area contributed by atoms with Gasteiger partial charge in [-0.25, -0.2) is 9.97 Å². The normalized spacial score (nSPS) is 18.0. The van der Waals surface area contributed by atoms with E-state index in [2.05, 4.69) is 35.8 Å². The lowest BCUT2D eigenvalue weighted by Gasteiger charge is -2.34. The molecule has 1 saturated heterocycles. The van der Waals surface area contributed by atoms with Crippen molar-refractivity contribution < 1.29 is 5.11 Å². The zero-order chi connectivity index (χ0) is 14.8. The highest BCUT2D eigenvalue weighted by atomic mass is 79.9. The van der Waals surface area contributed by atoms with Gasteiger partial charge >= 0.3 is 0 Å². The van der Waals surface area contributed by atoms with Crippen LogP contribution in [0.2, 0.25) is 5.02 Å². The van der Waals surface area contributed by atoms with Crippen molar-refractivity contribution in [2.75, 3.05) is 18.0 Å². The Labute approximate surface area is 136 Å². The van der Waals surface area contributed by atoms with Crippen molar-refractivity contribution in [3.05, 3.63) is 40.0 Å². The van der Waals surface area contributed by atoms with Crippen LogP contribution < -0.4 is 4.90 Å². The van der Waals surface area contributed by atoms with E-state index in [4.69, 9.17) is 11.6 Å². The molecule has 0 aliphatic carbocycles. The van der Waals surface area contributed by atoms with Crippen LogP contribution in [0.5, 0.6) is 0 Å². The number of aliphatic hydroxyl groups is 1. The molecule has 2 N–H and O–H groups in total. The van der Waals surface area contributed by atoms with Crippen LogP contribution in [0.3, 0.4) is 0 Å². The molecule has 0 bridgehead atoms. The Hall–Kier alpha value is -1.11. The van der Waals surface area contributed by atoms with Crippen molar-refractivity contribution in [3.63, 3.8) is 0 Å². The maximum atomic E-state index is 10.3. The summed E-state index contributed by atoms with van der Waals surface area (Å²) in [5, 5.41) is 11.0. The fourth-order valence-electron chi connectivity index (χ4n) is 2.73. The number of halogens is 2. The minimum absolute atomic E-state index is 0.210. The van der Waals surface area contributed by atoms with Gasteiger partial charge in [0.25, 0.3) is 0 Å². The molecule has 1 atom stereocenters. The molecule has 3 heterocycles. The van der Waals surface area contributed by atoms with Gasteiger partial charge in [-0.15, -0.1) is 0 Å². The average molecular weight is 372 g/mol. The number of nitrogens with zero attached hydrogens (tertiary/aromatic N) is 3. The standard InChI is InChI=1S/C14H16BrClN4O/c15-10-7-11(16)14(19-8-10)20-5-1-9(2-6-20)12(21)13-17-3-4-18-13/h3-4,7-9,12,21H,1-2,5-6H2,(H,17,18). The van der Waals surface area contributed by atoms with Crippen molar-refractivity contribution in [1.82, 2.24) is 15.0 Å². The van der Waals surface area contributed by atoms with E-state index in [0.29, 0.717) is 10.8 Å². The first-order chi connectivity index (χ1) is 10.1. The van der Waals surface area contributed by atoms with Crippen molar-refractivity contribution in [3.8, 4) is 0 Å². The van der Waals surface area contributed by atoms with Crippen LogP contribution in [0.4, 0.5) is 5.82 Å². The van der Waals surface area contributed by atoms with Crippen LogP contribution in [-0.2, 0) is 0 Å². The molecule has 0 saturated carbocycles. The second kappa shape index (κ2) is 6.34. The third-order valence-electron chi connectivity index (χ3n) is 3.87. The summed E-state index contributed by atoms with van der Waals surface area (Å²) in [6, 6.07) is 1.85. The number of anilines is 1. The van der Waals surface area contributed by atoms with E-state index >= 15 is 0 Å². The van der Waals surface area contributed by atoms with Gasteiger partial charge in [-0.1, -0.05) is 11.6 Å². The van der Waals surface area contributed by atoms with Crippen molar-refractivity contribution in [1.29, 1.82) is 0 Å². The Morgan fingerprint density at radius 3 is 2.76 bits per heavy atom. The molecule has 2 aromatic rings. The maximum Gasteiger partial charge on any atom is 0.147 e. The number of aliphatic hydroxyl groups excluding tert-OH is 1. The van der Waals surface area contributed by atoms with E-state index in [1.54, 1.807) is 18.6 Å². The predicted molar refractivity (Wildman–Crippen MR) is 85.4 cm³/mol. The van der Waals surface area contributed by atoms with Gasteiger partial charge < -0.3 is 15.0 Å². The average Bonchev–Trinajstić information content (AvgIpc) is 3.01. The topological polar surface area (TPSA) is 65.0 Å². The second-order valence-electron chi connectivity index (χ2n) is 5.20. The van der Waals surface area contributed by atoms with Gasteiger partial charge in [0.05, 0.1) is 5.02 Å². The smallest absolute Gasteiger partial charge is 0.147 e. The van der Waals surface area contributed by atoms with Crippen molar-refractivity contribution in [2.24, 2.45) is 5.92 Å². The Balaban J connectivity index is 1.65. The van der Waals surface area contributed by atoms with Crippen LogP contribution in [0, 0.1) is 5.92 Å². The van der Waals surface area contributed by atoms with E-state index in [-0.39, 0.29) is 5.92 Å². The van der Waals surface area contributed by atoms with Crippen LogP contribution in [0.25, 0.3) is 0 Å². The third kappa shape index (κ3) is 3.22. The summed E-state index contributed by atoms with van der Waals surface area (Å²) < 4.78 is 0.874. The molecule has 2 aromatic heterocycles. The number of H-pyrrole nitrogens is 1. The van der Waals surface area contributed by atoms with Gasteiger partial charge in [0, 0.05) is 36.2 Å². The molecule has 1 aliphatic rings. The highest BCUT2D eigenvalue weighted by Crippen LogP contribution is 2.33. The Morgan fingerprint density at radius 1 is 1.38 bits per heavy atom. The number of imidazole rings is 1. The summed E-state index contributed by atoms with van der Waals surface area (Å²) in [7, 11) is 0. The fraction of sp³-hybridized carbons (Fsp3) is 0.429. The molecule has 1 unspecified atom stereocenters. The van der Waals surface area contributed by atoms with Crippen molar-refractivity contribution in [2.45, 2.75) is 18.9 Å². The molecule has 3 rings (SSSR count).